The zero-order valence-corrected chi connectivity index (χ0v) is 7.99. The van der Waals surface area contributed by atoms with Gasteiger partial charge in [-0.15, -0.1) is 0 Å². The molecule has 2 aliphatic rings. The first-order valence-corrected chi connectivity index (χ1v) is 4.77. The highest BCUT2D eigenvalue weighted by Crippen LogP contribution is 2.40. The highest BCUT2D eigenvalue weighted by Gasteiger charge is 2.49. The average Bonchev–Trinajstić information content (AvgIpc) is 2.73. The van der Waals surface area contributed by atoms with Gasteiger partial charge in [-0.05, 0) is 25.7 Å². The van der Waals surface area contributed by atoms with Crippen LogP contribution in [0.1, 0.15) is 19.8 Å². The van der Waals surface area contributed by atoms with Crippen LogP contribution in [0.3, 0.4) is 0 Å². The summed E-state index contributed by atoms with van der Waals surface area (Å²) in [5.74, 6) is 0.0760. The number of hydrogen-bond acceptors (Lipinski definition) is 4. The molecule has 0 bridgehead atoms. The molecule has 1 aliphatic heterocycles. The Morgan fingerprint density at radius 2 is 2.14 bits per heavy atom. The zero-order valence-electron chi connectivity index (χ0n) is 7.99. The first-order valence-electron chi connectivity index (χ1n) is 4.77. The van der Waals surface area contributed by atoms with Gasteiger partial charge in [0.15, 0.2) is 6.29 Å². The molecular weight excluding hydrogens is 184 g/mol. The van der Waals surface area contributed by atoms with Crippen LogP contribution in [0.25, 0.3) is 0 Å². The van der Waals surface area contributed by atoms with E-state index in [-0.39, 0.29) is 23.8 Å². The Morgan fingerprint density at radius 1 is 1.57 bits per heavy atom. The smallest absolute Gasteiger partial charge is 0.264 e. The van der Waals surface area contributed by atoms with Crippen molar-refractivity contribution < 1.29 is 14.6 Å². The van der Waals surface area contributed by atoms with Crippen LogP contribution in [0.5, 0.6) is 0 Å². The molecule has 0 spiro atoms. The molecule has 1 heterocycles. The van der Waals surface area contributed by atoms with E-state index in [1.54, 1.807) is 0 Å². The Bertz CT molecular complexity index is 273. The first kappa shape index (κ1) is 9.61. The van der Waals surface area contributed by atoms with Crippen LogP contribution in [-0.2, 0) is 9.53 Å². The van der Waals surface area contributed by atoms with Crippen molar-refractivity contribution >= 4 is 11.6 Å². The average molecular weight is 198 g/mol. The van der Waals surface area contributed by atoms with Gasteiger partial charge < -0.3 is 15.2 Å². The van der Waals surface area contributed by atoms with Crippen molar-refractivity contribution in [3.05, 3.63) is 0 Å². The third kappa shape index (κ3) is 1.78. The fraction of sp³-hybridized carbons (Fsp3) is 0.778. The monoisotopic (exact) mass is 198 g/mol. The summed E-state index contributed by atoms with van der Waals surface area (Å²) in [5.41, 5.74) is 0.0381. The van der Waals surface area contributed by atoms with Gasteiger partial charge in [-0.1, -0.05) is 0 Å². The standard InChI is InChI=1S/C9H14N2O3/c1-4(10)8(12)11-6-2-5(3-6)7-9(13)14-7/h5-7,9-10,13H,2-3H2,1H3,(H,11,12). The number of nitrogens with one attached hydrogen (secondary N) is 2. The van der Waals surface area contributed by atoms with Crippen LogP contribution in [0.2, 0.25) is 0 Å². The summed E-state index contributed by atoms with van der Waals surface area (Å²) < 4.78 is 4.92. The van der Waals surface area contributed by atoms with E-state index >= 15 is 0 Å². The van der Waals surface area contributed by atoms with E-state index in [2.05, 4.69) is 5.32 Å². The lowest BCUT2D eigenvalue weighted by atomic mass is 9.78. The van der Waals surface area contributed by atoms with Crippen molar-refractivity contribution in [2.24, 2.45) is 5.92 Å². The largest absolute Gasteiger partial charge is 0.366 e. The predicted molar refractivity (Wildman–Crippen MR) is 48.9 cm³/mol. The minimum absolute atomic E-state index is 0.00997. The van der Waals surface area contributed by atoms with E-state index in [0.29, 0.717) is 5.92 Å². The van der Waals surface area contributed by atoms with Crippen LogP contribution in [0.4, 0.5) is 0 Å². The predicted octanol–water partition coefficient (Wildman–Crippen LogP) is -0.362. The molecule has 3 N–H and O–H groups in total. The summed E-state index contributed by atoms with van der Waals surface area (Å²) in [4.78, 5) is 11.1. The lowest BCUT2D eigenvalue weighted by Gasteiger charge is -2.34. The molecule has 0 aromatic rings. The number of hydrogen-bond donors (Lipinski definition) is 3. The van der Waals surface area contributed by atoms with E-state index in [0.717, 1.165) is 12.8 Å². The Labute approximate surface area is 82.0 Å². The first-order chi connectivity index (χ1) is 6.58. The SMILES string of the molecule is CC(=N)C(=O)NC1CC(C2OC2O)C1. The summed E-state index contributed by atoms with van der Waals surface area (Å²) in [6, 6.07) is 0.157. The molecular formula is C9H14N2O3. The van der Waals surface area contributed by atoms with Crippen molar-refractivity contribution in [3.63, 3.8) is 0 Å². The van der Waals surface area contributed by atoms with E-state index in [4.69, 9.17) is 15.3 Å². The summed E-state index contributed by atoms with van der Waals surface area (Å²) >= 11 is 0. The molecule has 2 fully saturated rings. The Hall–Kier alpha value is -0.940. The van der Waals surface area contributed by atoms with Crippen molar-refractivity contribution in [2.75, 3.05) is 0 Å². The maximum Gasteiger partial charge on any atom is 0.264 e. The number of carbonyl (C=O) groups is 1. The molecule has 78 valence electrons. The second kappa shape index (κ2) is 3.33. The quantitative estimate of drug-likeness (QED) is 0.427. The normalized spacial score (nSPS) is 39.9. The van der Waals surface area contributed by atoms with Crippen LogP contribution < -0.4 is 5.32 Å². The summed E-state index contributed by atoms with van der Waals surface area (Å²) in [6.07, 6.45) is 1.10. The fourth-order valence-electron chi connectivity index (χ4n) is 1.80. The fourth-order valence-corrected chi connectivity index (χ4v) is 1.80. The molecule has 5 heteroatoms. The van der Waals surface area contributed by atoms with Gasteiger partial charge in [-0.25, -0.2) is 0 Å². The van der Waals surface area contributed by atoms with Gasteiger partial charge in [0, 0.05) is 6.04 Å². The van der Waals surface area contributed by atoms with Crippen molar-refractivity contribution in [1.82, 2.24) is 5.32 Å². The topological polar surface area (TPSA) is 85.7 Å². The Kier molecular flexibility index (Phi) is 2.28. The maximum absolute atomic E-state index is 11.1. The van der Waals surface area contributed by atoms with Crippen molar-refractivity contribution in [2.45, 2.75) is 38.2 Å². The lowest BCUT2D eigenvalue weighted by Crippen LogP contribution is -2.47. The highest BCUT2D eigenvalue weighted by atomic mass is 16.7. The minimum atomic E-state index is -0.582. The molecule has 0 aromatic heterocycles. The Morgan fingerprint density at radius 3 is 2.57 bits per heavy atom. The highest BCUT2D eigenvalue weighted by molar-refractivity contribution is 6.36. The third-order valence-corrected chi connectivity index (χ3v) is 2.82. The molecule has 14 heavy (non-hydrogen) atoms. The molecule has 1 aliphatic carbocycles. The van der Waals surface area contributed by atoms with E-state index in [1.807, 2.05) is 0 Å². The summed E-state index contributed by atoms with van der Waals surface area (Å²) in [7, 11) is 0. The van der Waals surface area contributed by atoms with Gasteiger partial charge in [-0.2, -0.15) is 0 Å². The maximum atomic E-state index is 11.1. The lowest BCUT2D eigenvalue weighted by molar-refractivity contribution is -0.116. The molecule has 0 radical (unpaired) electrons. The summed E-state index contributed by atoms with van der Waals surface area (Å²) in [6.45, 7) is 1.47. The zero-order chi connectivity index (χ0) is 10.3. The van der Waals surface area contributed by atoms with Crippen LogP contribution in [-0.4, -0.2) is 35.2 Å². The van der Waals surface area contributed by atoms with Crippen molar-refractivity contribution in [3.8, 4) is 0 Å². The molecule has 0 aromatic carbocycles. The van der Waals surface area contributed by atoms with Crippen LogP contribution in [0.15, 0.2) is 0 Å². The third-order valence-electron chi connectivity index (χ3n) is 2.82. The second-order valence-electron chi connectivity index (χ2n) is 4.02. The van der Waals surface area contributed by atoms with Crippen molar-refractivity contribution in [1.29, 1.82) is 5.41 Å². The van der Waals surface area contributed by atoms with Crippen LogP contribution in [0, 0.1) is 11.3 Å². The number of carbonyl (C=O) groups excluding carboxylic acids is 1. The molecule has 2 rings (SSSR count). The van der Waals surface area contributed by atoms with Gasteiger partial charge in [0.1, 0.15) is 6.10 Å². The molecule has 1 amide bonds. The van der Waals surface area contributed by atoms with E-state index in [1.165, 1.54) is 6.92 Å². The van der Waals surface area contributed by atoms with Gasteiger partial charge in [0.25, 0.3) is 5.91 Å². The number of amides is 1. The molecule has 2 unspecified atom stereocenters. The minimum Gasteiger partial charge on any atom is -0.366 e. The number of aliphatic hydroxyl groups is 1. The molecule has 1 saturated heterocycles. The Balaban J connectivity index is 1.68. The molecule has 2 atom stereocenters. The number of aliphatic hydroxyl groups excluding tert-OH is 1. The van der Waals surface area contributed by atoms with E-state index < -0.39 is 6.29 Å². The summed E-state index contributed by atoms with van der Waals surface area (Å²) in [5, 5.41) is 18.8. The molecule has 1 saturated carbocycles. The second-order valence-corrected chi connectivity index (χ2v) is 4.02. The van der Waals surface area contributed by atoms with Gasteiger partial charge in [-0.3, -0.25) is 10.2 Å². The van der Waals surface area contributed by atoms with Gasteiger partial charge in [0.2, 0.25) is 0 Å². The van der Waals surface area contributed by atoms with Gasteiger partial charge in [0.05, 0.1) is 5.71 Å². The number of ether oxygens (including phenoxy) is 1. The number of rotatable bonds is 3. The van der Waals surface area contributed by atoms with Crippen LogP contribution >= 0.6 is 0 Å². The molecule has 5 nitrogen and oxygen atoms in total. The van der Waals surface area contributed by atoms with Gasteiger partial charge >= 0.3 is 0 Å². The van der Waals surface area contributed by atoms with E-state index in [9.17, 15) is 4.79 Å². The number of epoxide rings is 1.